The van der Waals surface area contributed by atoms with E-state index in [1.54, 1.807) is 6.92 Å². The first-order chi connectivity index (χ1) is 5.61. The molecule has 0 heterocycles. The summed E-state index contributed by atoms with van der Waals surface area (Å²) < 4.78 is 1.96. The molecule has 0 aliphatic rings. The van der Waals surface area contributed by atoms with Crippen LogP contribution in [0.5, 0.6) is 0 Å². The Morgan fingerprint density at radius 1 is 1.33 bits per heavy atom. The number of rotatable bonds is 2. The Labute approximate surface area is 88.4 Å². The third-order valence-electron chi connectivity index (χ3n) is 1.49. The van der Waals surface area contributed by atoms with Crippen LogP contribution in [0.15, 0.2) is 27.1 Å². The Hall–Kier alpha value is -0.150. The molecule has 0 fully saturated rings. The second-order valence-electron chi connectivity index (χ2n) is 2.58. The van der Waals surface area contributed by atoms with Gasteiger partial charge in [-0.1, -0.05) is 37.9 Å². The molecule has 0 radical (unpaired) electrons. The van der Waals surface area contributed by atoms with Gasteiger partial charge in [-0.3, -0.25) is 4.79 Å². The predicted octanol–water partition coefficient (Wildman–Crippen LogP) is 3.34. The minimum Gasteiger partial charge on any atom is -0.300 e. The van der Waals surface area contributed by atoms with Gasteiger partial charge < -0.3 is 0 Å². The molecule has 0 unspecified atom stereocenters. The van der Waals surface area contributed by atoms with Crippen LogP contribution in [0.2, 0.25) is 0 Å². The zero-order valence-electron chi connectivity index (χ0n) is 6.60. The van der Waals surface area contributed by atoms with Gasteiger partial charge in [-0.2, -0.15) is 0 Å². The molecule has 0 aromatic heterocycles. The van der Waals surface area contributed by atoms with E-state index in [0.29, 0.717) is 6.42 Å². The highest BCUT2D eigenvalue weighted by Gasteiger charge is 2.05. The zero-order chi connectivity index (χ0) is 9.14. The van der Waals surface area contributed by atoms with Crippen molar-refractivity contribution >= 4 is 37.6 Å². The van der Waals surface area contributed by atoms with E-state index in [-0.39, 0.29) is 5.78 Å². The van der Waals surface area contributed by atoms with Crippen molar-refractivity contribution in [2.45, 2.75) is 13.3 Å². The summed E-state index contributed by atoms with van der Waals surface area (Å²) in [4.78, 5) is 10.9. The maximum Gasteiger partial charge on any atom is 0.134 e. The van der Waals surface area contributed by atoms with E-state index in [1.807, 2.05) is 18.2 Å². The van der Waals surface area contributed by atoms with Crippen molar-refractivity contribution in [3.05, 3.63) is 32.7 Å². The topological polar surface area (TPSA) is 17.1 Å². The van der Waals surface area contributed by atoms with Gasteiger partial charge in [0.05, 0.1) is 0 Å². The molecule has 0 aliphatic heterocycles. The average molecular weight is 292 g/mol. The fraction of sp³-hybridized carbons (Fsp3) is 0.222. The number of ketones is 1. The lowest BCUT2D eigenvalue weighted by atomic mass is 10.1. The highest BCUT2D eigenvalue weighted by molar-refractivity contribution is 9.11. The Kier molecular flexibility index (Phi) is 3.47. The van der Waals surface area contributed by atoms with Crippen molar-refractivity contribution in [2.24, 2.45) is 0 Å². The van der Waals surface area contributed by atoms with Gasteiger partial charge in [-0.05, 0) is 24.6 Å². The molecule has 0 saturated carbocycles. The van der Waals surface area contributed by atoms with Crippen LogP contribution in [-0.4, -0.2) is 5.78 Å². The quantitative estimate of drug-likeness (QED) is 0.817. The van der Waals surface area contributed by atoms with Crippen LogP contribution < -0.4 is 0 Å². The molecule has 0 spiro atoms. The number of carbonyl (C=O) groups excluding carboxylic acids is 1. The van der Waals surface area contributed by atoms with Crippen LogP contribution in [-0.2, 0) is 11.2 Å². The molecule has 0 atom stereocenters. The summed E-state index contributed by atoms with van der Waals surface area (Å²) in [6, 6.07) is 5.80. The predicted molar refractivity (Wildman–Crippen MR) is 56.2 cm³/mol. The minimum atomic E-state index is 0.169. The molecule has 1 nitrogen and oxygen atoms in total. The van der Waals surface area contributed by atoms with Crippen LogP contribution in [0, 0.1) is 0 Å². The maximum absolute atomic E-state index is 10.9. The van der Waals surface area contributed by atoms with Crippen LogP contribution in [0.25, 0.3) is 0 Å². The van der Waals surface area contributed by atoms with E-state index in [1.165, 1.54) is 0 Å². The maximum atomic E-state index is 10.9. The lowest BCUT2D eigenvalue weighted by molar-refractivity contribution is -0.116. The van der Waals surface area contributed by atoms with Crippen molar-refractivity contribution in [3.8, 4) is 0 Å². The number of benzene rings is 1. The number of hydrogen-bond donors (Lipinski definition) is 0. The minimum absolute atomic E-state index is 0.169. The lowest BCUT2D eigenvalue weighted by Crippen LogP contribution is -1.97. The summed E-state index contributed by atoms with van der Waals surface area (Å²) in [7, 11) is 0. The van der Waals surface area contributed by atoms with E-state index in [9.17, 15) is 4.79 Å². The smallest absolute Gasteiger partial charge is 0.134 e. The summed E-state index contributed by atoms with van der Waals surface area (Å²) in [5, 5.41) is 0. The van der Waals surface area contributed by atoms with Gasteiger partial charge in [0.1, 0.15) is 5.78 Å². The van der Waals surface area contributed by atoms with Gasteiger partial charge in [0.2, 0.25) is 0 Å². The van der Waals surface area contributed by atoms with Crippen molar-refractivity contribution in [1.82, 2.24) is 0 Å². The molecule has 0 saturated heterocycles. The summed E-state index contributed by atoms with van der Waals surface area (Å²) in [5.41, 5.74) is 1.02. The van der Waals surface area contributed by atoms with Crippen LogP contribution >= 0.6 is 31.9 Å². The average Bonchev–Trinajstić information content (AvgIpc) is 1.97. The van der Waals surface area contributed by atoms with Gasteiger partial charge in [0, 0.05) is 15.4 Å². The van der Waals surface area contributed by atoms with E-state index >= 15 is 0 Å². The molecule has 0 amide bonds. The standard InChI is InChI=1S/C9H8Br2O/c1-6(12)5-7-8(10)3-2-4-9(7)11/h2-4H,5H2,1H3. The van der Waals surface area contributed by atoms with Gasteiger partial charge in [-0.25, -0.2) is 0 Å². The Morgan fingerprint density at radius 3 is 2.25 bits per heavy atom. The fourth-order valence-corrected chi connectivity index (χ4v) is 2.23. The fourth-order valence-electron chi connectivity index (χ4n) is 0.950. The third kappa shape index (κ3) is 2.42. The van der Waals surface area contributed by atoms with Crippen molar-refractivity contribution in [3.63, 3.8) is 0 Å². The first kappa shape index (κ1) is 9.93. The Balaban J connectivity index is 3.04. The summed E-state index contributed by atoms with van der Waals surface area (Å²) >= 11 is 6.79. The van der Waals surface area contributed by atoms with Crippen LogP contribution in [0.4, 0.5) is 0 Å². The van der Waals surface area contributed by atoms with E-state index < -0.39 is 0 Å². The monoisotopic (exact) mass is 290 g/mol. The van der Waals surface area contributed by atoms with Crippen molar-refractivity contribution < 1.29 is 4.79 Å². The largest absolute Gasteiger partial charge is 0.300 e. The first-order valence-electron chi connectivity index (χ1n) is 3.53. The second kappa shape index (κ2) is 4.19. The molecule has 3 heteroatoms. The molecular weight excluding hydrogens is 284 g/mol. The number of Topliss-reactive ketones (excluding diaryl/α,β-unsaturated/α-hetero) is 1. The molecule has 12 heavy (non-hydrogen) atoms. The highest BCUT2D eigenvalue weighted by Crippen LogP contribution is 2.25. The second-order valence-corrected chi connectivity index (χ2v) is 4.29. The molecule has 1 aromatic rings. The van der Waals surface area contributed by atoms with Crippen LogP contribution in [0.3, 0.4) is 0 Å². The SMILES string of the molecule is CC(=O)Cc1c(Br)cccc1Br. The summed E-state index contributed by atoms with van der Waals surface area (Å²) in [6.45, 7) is 1.59. The highest BCUT2D eigenvalue weighted by atomic mass is 79.9. The van der Waals surface area contributed by atoms with Crippen LogP contribution in [0.1, 0.15) is 12.5 Å². The van der Waals surface area contributed by atoms with Gasteiger partial charge in [0.15, 0.2) is 0 Å². The van der Waals surface area contributed by atoms with E-state index in [0.717, 1.165) is 14.5 Å². The van der Waals surface area contributed by atoms with Gasteiger partial charge >= 0.3 is 0 Å². The molecular formula is C9H8Br2O. The van der Waals surface area contributed by atoms with Gasteiger partial charge in [-0.15, -0.1) is 0 Å². The number of halogens is 2. The lowest BCUT2D eigenvalue weighted by Gasteiger charge is -2.03. The van der Waals surface area contributed by atoms with E-state index in [4.69, 9.17) is 0 Å². The zero-order valence-corrected chi connectivity index (χ0v) is 9.78. The molecule has 0 bridgehead atoms. The van der Waals surface area contributed by atoms with Gasteiger partial charge in [0.25, 0.3) is 0 Å². The molecule has 1 rings (SSSR count). The number of hydrogen-bond acceptors (Lipinski definition) is 1. The third-order valence-corrected chi connectivity index (χ3v) is 2.97. The Morgan fingerprint density at radius 2 is 1.83 bits per heavy atom. The van der Waals surface area contributed by atoms with Crippen molar-refractivity contribution in [1.29, 1.82) is 0 Å². The molecule has 0 N–H and O–H groups in total. The molecule has 64 valence electrons. The first-order valence-corrected chi connectivity index (χ1v) is 5.12. The Bertz CT molecular complexity index is 287. The summed E-state index contributed by atoms with van der Waals surface area (Å²) in [6.07, 6.45) is 0.474. The van der Waals surface area contributed by atoms with Crippen molar-refractivity contribution in [2.75, 3.05) is 0 Å². The molecule has 0 aliphatic carbocycles. The number of carbonyl (C=O) groups is 1. The normalized spacial score (nSPS) is 9.92. The van der Waals surface area contributed by atoms with E-state index in [2.05, 4.69) is 31.9 Å². The summed E-state index contributed by atoms with van der Waals surface area (Å²) in [5.74, 6) is 0.169. The molecule has 1 aromatic carbocycles.